The first-order valence-electron chi connectivity index (χ1n) is 7.42. The third-order valence-corrected chi connectivity index (χ3v) is 5.48. The van der Waals surface area contributed by atoms with Crippen molar-refractivity contribution in [2.45, 2.75) is 11.4 Å². The fraction of sp³-hybridized carbons (Fsp3) is 0.118. The van der Waals surface area contributed by atoms with Gasteiger partial charge in [0.1, 0.15) is 10.6 Å². The Bertz CT molecular complexity index is 973. The lowest BCUT2D eigenvalue weighted by Gasteiger charge is -2.12. The van der Waals surface area contributed by atoms with Crippen LogP contribution in [0.1, 0.15) is 5.56 Å². The number of sulfonamides is 1. The highest BCUT2D eigenvalue weighted by Crippen LogP contribution is 2.27. The first-order chi connectivity index (χ1) is 12.0. The zero-order chi connectivity index (χ0) is 17.9. The third kappa shape index (κ3) is 4.09. The van der Waals surface area contributed by atoms with Crippen molar-refractivity contribution < 1.29 is 13.2 Å². The second kappa shape index (κ2) is 7.38. The van der Waals surface area contributed by atoms with Gasteiger partial charge >= 0.3 is 0 Å². The molecular weight excluding hydrogens is 406 g/mol. The average Bonchev–Trinajstić information content (AvgIpc) is 3.15. The molecule has 0 amide bonds. The van der Waals surface area contributed by atoms with Gasteiger partial charge < -0.3 is 4.74 Å². The van der Waals surface area contributed by atoms with E-state index < -0.39 is 10.0 Å². The lowest BCUT2D eigenvalue weighted by atomic mass is 10.2. The number of aromatic nitrogens is 2. The van der Waals surface area contributed by atoms with Crippen LogP contribution in [0.5, 0.6) is 5.75 Å². The molecule has 0 unspecified atom stereocenters. The summed E-state index contributed by atoms with van der Waals surface area (Å²) in [5.41, 5.74) is 1.69. The summed E-state index contributed by atoms with van der Waals surface area (Å²) >= 11 is 3.29. The smallest absolute Gasteiger partial charge is 0.244 e. The summed E-state index contributed by atoms with van der Waals surface area (Å²) in [6.45, 7) is 0.160. The molecule has 0 fully saturated rings. The second-order valence-corrected chi connectivity index (χ2v) is 7.89. The minimum absolute atomic E-state index is 0.0904. The molecule has 0 bridgehead atoms. The van der Waals surface area contributed by atoms with Gasteiger partial charge in [0.25, 0.3) is 0 Å². The number of halogens is 1. The molecule has 0 aliphatic rings. The summed E-state index contributed by atoms with van der Waals surface area (Å²) in [6, 6.07) is 14.2. The summed E-state index contributed by atoms with van der Waals surface area (Å²) in [5, 5.41) is 4.17. The molecule has 1 aromatic heterocycles. The Morgan fingerprint density at radius 1 is 1.20 bits per heavy atom. The Balaban J connectivity index is 1.81. The van der Waals surface area contributed by atoms with Gasteiger partial charge in [-0.15, -0.1) is 0 Å². The van der Waals surface area contributed by atoms with E-state index in [4.69, 9.17) is 4.74 Å². The zero-order valence-corrected chi connectivity index (χ0v) is 15.8. The van der Waals surface area contributed by atoms with Gasteiger partial charge in [-0.05, 0) is 42.0 Å². The van der Waals surface area contributed by atoms with Gasteiger partial charge in [0.05, 0.1) is 12.8 Å². The molecular formula is C17H16BrN3O3S. The predicted molar refractivity (Wildman–Crippen MR) is 98.3 cm³/mol. The van der Waals surface area contributed by atoms with Crippen LogP contribution in [0.25, 0.3) is 5.69 Å². The summed E-state index contributed by atoms with van der Waals surface area (Å²) in [4.78, 5) is 0.0904. The number of benzene rings is 2. The van der Waals surface area contributed by atoms with Crippen molar-refractivity contribution in [1.29, 1.82) is 0 Å². The van der Waals surface area contributed by atoms with Crippen molar-refractivity contribution in [3.63, 3.8) is 0 Å². The molecule has 2 aromatic carbocycles. The van der Waals surface area contributed by atoms with Crippen LogP contribution in [0, 0.1) is 0 Å². The van der Waals surface area contributed by atoms with Crippen LogP contribution in [0.4, 0.5) is 0 Å². The van der Waals surface area contributed by atoms with Crippen LogP contribution in [-0.2, 0) is 16.6 Å². The topological polar surface area (TPSA) is 73.2 Å². The Hall–Kier alpha value is -2.16. The molecule has 3 rings (SSSR count). The lowest BCUT2D eigenvalue weighted by molar-refractivity contribution is 0.402. The summed E-state index contributed by atoms with van der Waals surface area (Å²) in [5.74, 6) is 0.293. The van der Waals surface area contributed by atoms with E-state index in [1.165, 1.54) is 13.2 Å². The van der Waals surface area contributed by atoms with Gasteiger partial charge in [-0.1, -0.05) is 28.1 Å². The quantitative estimate of drug-likeness (QED) is 0.663. The van der Waals surface area contributed by atoms with Crippen molar-refractivity contribution in [1.82, 2.24) is 14.5 Å². The maximum atomic E-state index is 12.6. The Labute approximate surface area is 154 Å². The number of hydrogen-bond donors (Lipinski definition) is 1. The molecule has 0 atom stereocenters. The monoisotopic (exact) mass is 421 g/mol. The van der Waals surface area contributed by atoms with Gasteiger partial charge in [0, 0.05) is 23.4 Å². The van der Waals surface area contributed by atoms with Gasteiger partial charge in [-0.25, -0.2) is 17.8 Å². The number of rotatable bonds is 6. The summed E-state index contributed by atoms with van der Waals surface area (Å²) in [6.07, 6.45) is 3.52. The van der Waals surface area contributed by atoms with E-state index in [-0.39, 0.29) is 11.4 Å². The van der Waals surface area contributed by atoms with Crippen molar-refractivity contribution in [2.75, 3.05) is 7.11 Å². The molecule has 1 heterocycles. The van der Waals surface area contributed by atoms with Crippen LogP contribution in [0.15, 0.2) is 70.3 Å². The summed E-state index contributed by atoms with van der Waals surface area (Å²) in [7, 11) is -2.28. The zero-order valence-electron chi connectivity index (χ0n) is 13.4. The van der Waals surface area contributed by atoms with Gasteiger partial charge in [-0.2, -0.15) is 5.10 Å². The molecule has 0 spiro atoms. The highest BCUT2D eigenvalue weighted by Gasteiger charge is 2.19. The van der Waals surface area contributed by atoms with Crippen LogP contribution >= 0.6 is 15.9 Å². The van der Waals surface area contributed by atoms with Gasteiger partial charge in [-0.3, -0.25) is 0 Å². The van der Waals surface area contributed by atoms with Crippen LogP contribution in [0.2, 0.25) is 0 Å². The first-order valence-corrected chi connectivity index (χ1v) is 9.69. The maximum absolute atomic E-state index is 12.6. The molecule has 0 saturated carbocycles. The van der Waals surface area contributed by atoms with E-state index >= 15 is 0 Å². The number of nitrogens with one attached hydrogen (secondary N) is 1. The molecule has 6 nitrogen and oxygen atoms in total. The van der Waals surface area contributed by atoms with E-state index in [0.717, 1.165) is 11.3 Å². The second-order valence-electron chi connectivity index (χ2n) is 5.24. The average molecular weight is 422 g/mol. The molecule has 0 aliphatic carbocycles. The van der Waals surface area contributed by atoms with Crippen molar-refractivity contribution in [2.24, 2.45) is 0 Å². The number of hydrogen-bond acceptors (Lipinski definition) is 4. The standard InChI is InChI=1S/C17H16BrN3O3S/c1-24-16-7-6-14(18)11-17(16)25(22,23)20-12-13-4-2-5-15(10-13)21-9-3-8-19-21/h2-11,20H,12H2,1H3. The van der Waals surface area contributed by atoms with E-state index in [0.29, 0.717) is 10.2 Å². The van der Waals surface area contributed by atoms with Crippen molar-refractivity contribution in [3.05, 3.63) is 71.0 Å². The molecule has 1 N–H and O–H groups in total. The maximum Gasteiger partial charge on any atom is 0.244 e. The molecule has 0 aliphatic heterocycles. The number of ether oxygens (including phenoxy) is 1. The Morgan fingerprint density at radius 3 is 2.76 bits per heavy atom. The van der Waals surface area contributed by atoms with E-state index in [9.17, 15) is 8.42 Å². The minimum atomic E-state index is -3.72. The fourth-order valence-corrected chi connectivity index (χ4v) is 4.07. The SMILES string of the molecule is COc1ccc(Br)cc1S(=O)(=O)NCc1cccc(-n2cccn2)c1. The molecule has 130 valence electrons. The highest BCUT2D eigenvalue weighted by molar-refractivity contribution is 9.10. The fourth-order valence-electron chi connectivity index (χ4n) is 2.35. The molecule has 0 radical (unpaired) electrons. The van der Waals surface area contributed by atoms with Gasteiger partial charge in [0.2, 0.25) is 10.0 Å². The van der Waals surface area contributed by atoms with Crippen molar-refractivity contribution in [3.8, 4) is 11.4 Å². The van der Waals surface area contributed by atoms with E-state index in [2.05, 4.69) is 25.8 Å². The van der Waals surface area contributed by atoms with Crippen LogP contribution in [0.3, 0.4) is 0 Å². The molecule has 25 heavy (non-hydrogen) atoms. The molecule has 8 heteroatoms. The van der Waals surface area contributed by atoms with Crippen molar-refractivity contribution >= 4 is 26.0 Å². The third-order valence-electron chi connectivity index (χ3n) is 3.56. The summed E-state index contributed by atoms with van der Waals surface area (Å²) < 4.78 is 35.4. The number of nitrogens with zero attached hydrogens (tertiary/aromatic N) is 2. The minimum Gasteiger partial charge on any atom is -0.495 e. The normalized spacial score (nSPS) is 11.4. The molecule has 3 aromatic rings. The van der Waals surface area contributed by atoms with Gasteiger partial charge in [0.15, 0.2) is 0 Å². The Kier molecular flexibility index (Phi) is 5.22. The van der Waals surface area contributed by atoms with Crippen LogP contribution < -0.4 is 9.46 Å². The predicted octanol–water partition coefficient (Wildman–Crippen LogP) is 3.12. The number of methoxy groups -OCH3 is 1. The molecule has 0 saturated heterocycles. The first kappa shape index (κ1) is 17.7. The van der Waals surface area contributed by atoms with E-state index in [1.54, 1.807) is 23.0 Å². The largest absolute Gasteiger partial charge is 0.495 e. The Morgan fingerprint density at radius 2 is 2.04 bits per heavy atom. The highest BCUT2D eigenvalue weighted by atomic mass is 79.9. The van der Waals surface area contributed by atoms with Crippen LogP contribution in [-0.4, -0.2) is 25.3 Å². The lowest BCUT2D eigenvalue weighted by Crippen LogP contribution is -2.23. The van der Waals surface area contributed by atoms with E-state index in [1.807, 2.05) is 36.5 Å².